The van der Waals surface area contributed by atoms with E-state index in [-0.39, 0.29) is 0 Å². The Balaban J connectivity index is 1.88. The number of hydrogen-bond acceptors (Lipinski definition) is 2. The molecule has 0 unspecified atom stereocenters. The van der Waals surface area contributed by atoms with Crippen molar-refractivity contribution in [2.24, 2.45) is 0 Å². The summed E-state index contributed by atoms with van der Waals surface area (Å²) in [4.78, 5) is 0. The summed E-state index contributed by atoms with van der Waals surface area (Å²) in [6.45, 7) is 0. The van der Waals surface area contributed by atoms with E-state index in [1.54, 1.807) is 0 Å². The minimum absolute atomic E-state index is 0.618. The van der Waals surface area contributed by atoms with E-state index < -0.39 is 0 Å². The molecule has 1 saturated carbocycles. The molecule has 0 N–H and O–H groups in total. The fourth-order valence-electron chi connectivity index (χ4n) is 1.86. The van der Waals surface area contributed by atoms with Crippen LogP contribution < -0.4 is 0 Å². The van der Waals surface area contributed by atoms with Crippen LogP contribution in [0.5, 0.6) is 0 Å². The van der Waals surface area contributed by atoms with Gasteiger partial charge in [0, 0.05) is 17.5 Å². The van der Waals surface area contributed by atoms with Gasteiger partial charge in [-0.3, -0.25) is 0 Å². The number of halogens is 1. The predicted octanol–water partition coefficient (Wildman–Crippen LogP) is 2.86. The normalized spacial score (nSPS) is 15.3. The molecule has 4 heteroatoms. The zero-order chi connectivity index (χ0) is 11.0. The van der Waals surface area contributed by atoms with Gasteiger partial charge >= 0.3 is 0 Å². The van der Waals surface area contributed by atoms with Crippen molar-refractivity contribution in [2.75, 3.05) is 0 Å². The molecule has 3 nitrogen and oxygen atoms in total. The van der Waals surface area contributed by atoms with Crippen molar-refractivity contribution >= 4 is 11.6 Å². The monoisotopic (exact) mass is 233 g/mol. The van der Waals surface area contributed by atoms with Crippen LogP contribution in [-0.4, -0.2) is 14.8 Å². The minimum Gasteiger partial charge on any atom is -0.314 e. The Hall–Kier alpha value is -1.35. The van der Waals surface area contributed by atoms with Crippen molar-refractivity contribution in [3.63, 3.8) is 0 Å². The third kappa shape index (κ3) is 1.83. The summed E-state index contributed by atoms with van der Waals surface area (Å²) < 4.78 is 2.17. The summed E-state index contributed by atoms with van der Waals surface area (Å²) in [5.41, 5.74) is 1.11. The van der Waals surface area contributed by atoms with Crippen LogP contribution in [0.2, 0.25) is 5.02 Å². The lowest BCUT2D eigenvalue weighted by Crippen LogP contribution is -2.01. The zero-order valence-electron chi connectivity index (χ0n) is 8.81. The van der Waals surface area contributed by atoms with E-state index in [0.717, 1.165) is 22.8 Å². The van der Waals surface area contributed by atoms with Crippen LogP contribution in [0, 0.1) is 0 Å². The van der Waals surface area contributed by atoms with E-state index in [0.29, 0.717) is 6.04 Å². The zero-order valence-corrected chi connectivity index (χ0v) is 9.56. The molecule has 1 aliphatic rings. The second-order valence-electron chi connectivity index (χ2n) is 4.15. The Morgan fingerprint density at radius 1 is 1.31 bits per heavy atom. The van der Waals surface area contributed by atoms with Crippen molar-refractivity contribution in [1.82, 2.24) is 14.8 Å². The molecule has 16 heavy (non-hydrogen) atoms. The second kappa shape index (κ2) is 3.91. The maximum absolute atomic E-state index is 6.13. The number of benzene rings is 1. The quantitative estimate of drug-likeness (QED) is 0.816. The van der Waals surface area contributed by atoms with E-state index >= 15 is 0 Å². The van der Waals surface area contributed by atoms with Gasteiger partial charge in [-0.1, -0.05) is 29.8 Å². The minimum atomic E-state index is 0.618. The highest BCUT2D eigenvalue weighted by Crippen LogP contribution is 2.35. The molecule has 1 heterocycles. The first kappa shape index (κ1) is 9.85. The first-order valence-corrected chi connectivity index (χ1v) is 5.84. The average molecular weight is 234 g/mol. The number of hydrogen-bond donors (Lipinski definition) is 0. The molecule has 1 aliphatic carbocycles. The smallest absolute Gasteiger partial charge is 0.137 e. The molecule has 0 amide bonds. The van der Waals surface area contributed by atoms with Gasteiger partial charge in [0.05, 0.1) is 0 Å². The first-order valence-electron chi connectivity index (χ1n) is 5.46. The van der Waals surface area contributed by atoms with Crippen molar-refractivity contribution in [3.8, 4) is 0 Å². The maximum atomic E-state index is 6.13. The van der Waals surface area contributed by atoms with E-state index in [1.807, 2.05) is 30.6 Å². The molecule has 82 valence electrons. The van der Waals surface area contributed by atoms with Crippen molar-refractivity contribution in [3.05, 3.63) is 47.0 Å². The summed E-state index contributed by atoms with van der Waals surface area (Å²) in [6.07, 6.45) is 5.07. The van der Waals surface area contributed by atoms with Crippen molar-refractivity contribution < 1.29 is 0 Å². The summed E-state index contributed by atoms with van der Waals surface area (Å²) in [5.74, 6) is 1.01. The molecule has 1 fully saturated rings. The van der Waals surface area contributed by atoms with Crippen LogP contribution in [0.15, 0.2) is 30.6 Å². The average Bonchev–Trinajstić information content (AvgIpc) is 3.03. The van der Waals surface area contributed by atoms with Crippen LogP contribution in [0.25, 0.3) is 0 Å². The molecule has 0 saturated heterocycles. The van der Waals surface area contributed by atoms with E-state index in [9.17, 15) is 0 Å². The SMILES string of the molecule is Clc1ccccc1Cc1nncn1C1CC1. The third-order valence-electron chi connectivity index (χ3n) is 2.89. The molecule has 0 bridgehead atoms. The Morgan fingerprint density at radius 2 is 2.12 bits per heavy atom. The van der Waals surface area contributed by atoms with E-state index in [2.05, 4.69) is 14.8 Å². The van der Waals surface area contributed by atoms with Gasteiger partial charge in [0.1, 0.15) is 12.2 Å². The number of nitrogens with zero attached hydrogens (tertiary/aromatic N) is 3. The standard InChI is InChI=1S/C12H12ClN3/c13-11-4-2-1-3-9(11)7-12-15-14-8-16(12)10-5-6-10/h1-4,8,10H,5-7H2. The van der Waals surface area contributed by atoms with Gasteiger partial charge in [-0.15, -0.1) is 10.2 Å². The van der Waals surface area contributed by atoms with Crippen LogP contribution in [0.1, 0.15) is 30.3 Å². The molecular weight excluding hydrogens is 222 g/mol. The van der Waals surface area contributed by atoms with Gasteiger partial charge < -0.3 is 4.57 Å². The van der Waals surface area contributed by atoms with Crippen LogP contribution >= 0.6 is 11.6 Å². The Labute approximate surface area is 99.1 Å². The van der Waals surface area contributed by atoms with E-state index in [4.69, 9.17) is 11.6 Å². The molecule has 0 aliphatic heterocycles. The summed E-state index contributed by atoms with van der Waals surface area (Å²) in [7, 11) is 0. The summed E-state index contributed by atoms with van der Waals surface area (Å²) in [6, 6.07) is 8.51. The highest BCUT2D eigenvalue weighted by molar-refractivity contribution is 6.31. The fraction of sp³-hybridized carbons (Fsp3) is 0.333. The summed E-state index contributed by atoms with van der Waals surface area (Å²) in [5, 5.41) is 8.95. The Morgan fingerprint density at radius 3 is 2.88 bits per heavy atom. The lowest BCUT2D eigenvalue weighted by Gasteiger charge is -2.05. The molecule has 3 rings (SSSR count). The molecule has 2 aromatic rings. The largest absolute Gasteiger partial charge is 0.314 e. The molecule has 1 aromatic carbocycles. The first-order chi connectivity index (χ1) is 7.84. The van der Waals surface area contributed by atoms with Crippen molar-refractivity contribution in [1.29, 1.82) is 0 Å². The van der Waals surface area contributed by atoms with Crippen LogP contribution in [0.3, 0.4) is 0 Å². The highest BCUT2D eigenvalue weighted by atomic mass is 35.5. The van der Waals surface area contributed by atoms with Gasteiger partial charge in [-0.25, -0.2) is 0 Å². The highest BCUT2D eigenvalue weighted by Gasteiger charge is 2.26. The Bertz CT molecular complexity index is 502. The third-order valence-corrected chi connectivity index (χ3v) is 3.26. The molecule has 0 atom stereocenters. The summed E-state index contributed by atoms with van der Waals surface area (Å²) >= 11 is 6.13. The fourth-order valence-corrected chi connectivity index (χ4v) is 2.07. The molecule has 0 spiro atoms. The predicted molar refractivity (Wildman–Crippen MR) is 62.6 cm³/mol. The number of rotatable bonds is 3. The molecule has 0 radical (unpaired) electrons. The van der Waals surface area contributed by atoms with Crippen LogP contribution in [0.4, 0.5) is 0 Å². The van der Waals surface area contributed by atoms with Gasteiger partial charge in [-0.2, -0.15) is 0 Å². The van der Waals surface area contributed by atoms with Crippen LogP contribution in [-0.2, 0) is 6.42 Å². The number of aromatic nitrogens is 3. The second-order valence-corrected chi connectivity index (χ2v) is 4.56. The Kier molecular flexibility index (Phi) is 2.40. The van der Waals surface area contributed by atoms with Gasteiger partial charge in [0.2, 0.25) is 0 Å². The molecular formula is C12H12ClN3. The molecule has 1 aromatic heterocycles. The lowest BCUT2D eigenvalue weighted by molar-refractivity contribution is 0.694. The van der Waals surface area contributed by atoms with Gasteiger partial charge in [0.25, 0.3) is 0 Å². The topological polar surface area (TPSA) is 30.7 Å². The van der Waals surface area contributed by atoms with Gasteiger partial charge in [0.15, 0.2) is 0 Å². The van der Waals surface area contributed by atoms with Crippen molar-refractivity contribution in [2.45, 2.75) is 25.3 Å². The van der Waals surface area contributed by atoms with Gasteiger partial charge in [-0.05, 0) is 24.5 Å². The maximum Gasteiger partial charge on any atom is 0.137 e. The lowest BCUT2D eigenvalue weighted by atomic mass is 10.1. The van der Waals surface area contributed by atoms with E-state index in [1.165, 1.54) is 12.8 Å².